The van der Waals surface area contributed by atoms with Crippen LogP contribution in [0.5, 0.6) is 0 Å². The predicted octanol–water partition coefficient (Wildman–Crippen LogP) is 0.791. The first-order chi connectivity index (χ1) is 6.27. The predicted molar refractivity (Wildman–Crippen MR) is 50.4 cm³/mol. The summed E-state index contributed by atoms with van der Waals surface area (Å²) < 4.78 is 1.65. The third-order valence-corrected chi connectivity index (χ3v) is 1.87. The van der Waals surface area contributed by atoms with Gasteiger partial charge in [-0.05, 0) is 26.2 Å². The SMILES string of the molecule is CN(C)Cc1cnn2ncccc12. The molecular weight excluding hydrogens is 164 g/mol. The third kappa shape index (κ3) is 1.53. The molecular formula is C9H12N4. The number of aromatic nitrogens is 3. The van der Waals surface area contributed by atoms with Gasteiger partial charge in [-0.2, -0.15) is 14.8 Å². The van der Waals surface area contributed by atoms with Crippen LogP contribution in [-0.4, -0.2) is 33.8 Å². The Morgan fingerprint density at radius 3 is 3.00 bits per heavy atom. The van der Waals surface area contributed by atoms with Gasteiger partial charge in [0.1, 0.15) is 0 Å². The van der Waals surface area contributed by atoms with Crippen LogP contribution in [0, 0.1) is 0 Å². The largest absolute Gasteiger partial charge is 0.305 e. The fraction of sp³-hybridized carbons (Fsp3) is 0.333. The Bertz CT molecular complexity index is 405. The maximum Gasteiger partial charge on any atom is 0.0918 e. The number of nitrogens with zero attached hydrogens (tertiary/aromatic N) is 4. The summed E-state index contributed by atoms with van der Waals surface area (Å²) in [5, 5.41) is 8.25. The van der Waals surface area contributed by atoms with Gasteiger partial charge in [-0.25, -0.2) is 0 Å². The first-order valence-electron chi connectivity index (χ1n) is 4.20. The van der Waals surface area contributed by atoms with E-state index in [0.717, 1.165) is 12.1 Å². The van der Waals surface area contributed by atoms with Crippen LogP contribution in [0.4, 0.5) is 0 Å². The van der Waals surface area contributed by atoms with E-state index in [9.17, 15) is 0 Å². The maximum atomic E-state index is 4.15. The van der Waals surface area contributed by atoms with Crippen molar-refractivity contribution < 1.29 is 0 Å². The van der Waals surface area contributed by atoms with E-state index in [4.69, 9.17) is 0 Å². The Kier molecular flexibility index (Phi) is 1.98. The van der Waals surface area contributed by atoms with E-state index in [1.165, 1.54) is 5.56 Å². The van der Waals surface area contributed by atoms with Crippen molar-refractivity contribution in [3.8, 4) is 0 Å². The van der Waals surface area contributed by atoms with Gasteiger partial charge in [0.2, 0.25) is 0 Å². The summed E-state index contributed by atoms with van der Waals surface area (Å²) in [7, 11) is 4.08. The molecule has 4 heteroatoms. The average molecular weight is 176 g/mol. The Labute approximate surface area is 76.8 Å². The molecule has 0 fully saturated rings. The van der Waals surface area contributed by atoms with Crippen LogP contribution in [0.2, 0.25) is 0 Å². The fourth-order valence-electron chi connectivity index (χ4n) is 1.35. The van der Waals surface area contributed by atoms with Gasteiger partial charge in [-0.1, -0.05) is 0 Å². The van der Waals surface area contributed by atoms with E-state index in [2.05, 4.69) is 15.1 Å². The second kappa shape index (κ2) is 3.14. The van der Waals surface area contributed by atoms with Crippen molar-refractivity contribution in [1.29, 1.82) is 0 Å². The van der Waals surface area contributed by atoms with E-state index in [0.29, 0.717) is 0 Å². The fourth-order valence-corrected chi connectivity index (χ4v) is 1.35. The lowest BCUT2D eigenvalue weighted by Crippen LogP contribution is -2.10. The normalized spacial score (nSPS) is 11.3. The highest BCUT2D eigenvalue weighted by molar-refractivity contribution is 5.51. The molecule has 0 spiro atoms. The molecule has 0 saturated heterocycles. The van der Waals surface area contributed by atoms with Crippen molar-refractivity contribution in [2.45, 2.75) is 6.54 Å². The minimum absolute atomic E-state index is 0.898. The Morgan fingerprint density at radius 1 is 1.38 bits per heavy atom. The molecule has 13 heavy (non-hydrogen) atoms. The summed E-state index contributed by atoms with van der Waals surface area (Å²) in [5.74, 6) is 0. The van der Waals surface area contributed by atoms with Crippen molar-refractivity contribution in [2.75, 3.05) is 14.1 Å². The summed E-state index contributed by atoms with van der Waals surface area (Å²) >= 11 is 0. The molecule has 0 atom stereocenters. The molecule has 2 heterocycles. The molecule has 0 aliphatic carbocycles. The van der Waals surface area contributed by atoms with Crippen LogP contribution < -0.4 is 0 Å². The molecule has 0 bridgehead atoms. The van der Waals surface area contributed by atoms with Crippen molar-refractivity contribution >= 4 is 5.52 Å². The Balaban J connectivity index is 2.46. The van der Waals surface area contributed by atoms with Crippen molar-refractivity contribution in [3.05, 3.63) is 30.1 Å². The van der Waals surface area contributed by atoms with E-state index < -0.39 is 0 Å². The molecule has 2 aromatic rings. The van der Waals surface area contributed by atoms with E-state index in [-0.39, 0.29) is 0 Å². The van der Waals surface area contributed by atoms with Crippen molar-refractivity contribution in [1.82, 2.24) is 19.7 Å². The van der Waals surface area contributed by atoms with Crippen LogP contribution in [0.25, 0.3) is 5.52 Å². The number of rotatable bonds is 2. The first kappa shape index (κ1) is 8.19. The standard InChI is InChI=1S/C9H12N4/c1-12(2)7-8-6-11-13-9(8)4-3-5-10-13/h3-6H,7H2,1-2H3. The molecule has 0 aliphatic heterocycles. The Hall–Kier alpha value is -1.42. The van der Waals surface area contributed by atoms with Gasteiger partial charge in [0.05, 0.1) is 11.7 Å². The zero-order valence-corrected chi connectivity index (χ0v) is 7.81. The zero-order valence-electron chi connectivity index (χ0n) is 7.81. The molecule has 0 N–H and O–H groups in total. The van der Waals surface area contributed by atoms with Gasteiger partial charge >= 0.3 is 0 Å². The monoisotopic (exact) mass is 176 g/mol. The van der Waals surface area contributed by atoms with Crippen molar-refractivity contribution in [2.24, 2.45) is 0 Å². The van der Waals surface area contributed by atoms with E-state index in [1.54, 1.807) is 10.8 Å². The van der Waals surface area contributed by atoms with Crippen LogP contribution in [-0.2, 0) is 6.54 Å². The quantitative estimate of drug-likeness (QED) is 0.678. The maximum absolute atomic E-state index is 4.15. The molecule has 0 unspecified atom stereocenters. The number of fused-ring (bicyclic) bond motifs is 1. The molecule has 0 aliphatic rings. The van der Waals surface area contributed by atoms with Gasteiger partial charge in [0.25, 0.3) is 0 Å². The lowest BCUT2D eigenvalue weighted by molar-refractivity contribution is 0.404. The lowest BCUT2D eigenvalue weighted by Gasteiger charge is -2.06. The van der Waals surface area contributed by atoms with Crippen LogP contribution in [0.15, 0.2) is 24.5 Å². The highest BCUT2D eigenvalue weighted by Gasteiger charge is 2.03. The summed E-state index contributed by atoms with van der Waals surface area (Å²) in [5.41, 5.74) is 2.29. The minimum atomic E-state index is 0.898. The topological polar surface area (TPSA) is 33.4 Å². The second-order valence-electron chi connectivity index (χ2n) is 3.31. The molecule has 0 aromatic carbocycles. The van der Waals surface area contributed by atoms with Crippen molar-refractivity contribution in [3.63, 3.8) is 0 Å². The molecule has 0 amide bonds. The van der Waals surface area contributed by atoms with Gasteiger partial charge in [0, 0.05) is 18.3 Å². The molecule has 2 rings (SSSR count). The van der Waals surface area contributed by atoms with Crippen LogP contribution in [0.1, 0.15) is 5.56 Å². The van der Waals surface area contributed by atoms with E-state index >= 15 is 0 Å². The summed E-state index contributed by atoms with van der Waals surface area (Å²) in [4.78, 5) is 2.12. The second-order valence-corrected chi connectivity index (χ2v) is 3.31. The summed E-state index contributed by atoms with van der Waals surface area (Å²) in [6, 6.07) is 3.95. The lowest BCUT2D eigenvalue weighted by atomic mass is 10.2. The Morgan fingerprint density at radius 2 is 2.23 bits per heavy atom. The first-order valence-corrected chi connectivity index (χ1v) is 4.20. The van der Waals surface area contributed by atoms with Crippen LogP contribution in [0.3, 0.4) is 0 Å². The molecule has 68 valence electrons. The van der Waals surface area contributed by atoms with Gasteiger partial charge in [-0.3, -0.25) is 0 Å². The highest BCUT2D eigenvalue weighted by Crippen LogP contribution is 2.09. The van der Waals surface area contributed by atoms with Gasteiger partial charge in [0.15, 0.2) is 0 Å². The van der Waals surface area contributed by atoms with Crippen LogP contribution >= 0.6 is 0 Å². The third-order valence-electron chi connectivity index (χ3n) is 1.87. The number of hydrogen-bond acceptors (Lipinski definition) is 3. The summed E-state index contributed by atoms with van der Waals surface area (Å²) in [6.07, 6.45) is 3.60. The summed E-state index contributed by atoms with van der Waals surface area (Å²) in [6.45, 7) is 0.898. The van der Waals surface area contributed by atoms with E-state index in [1.807, 2.05) is 32.4 Å². The molecule has 0 saturated carbocycles. The molecule has 2 aromatic heterocycles. The highest BCUT2D eigenvalue weighted by atomic mass is 15.4. The van der Waals surface area contributed by atoms with Gasteiger partial charge < -0.3 is 4.90 Å². The average Bonchev–Trinajstić information content (AvgIpc) is 2.48. The minimum Gasteiger partial charge on any atom is -0.305 e. The molecule has 4 nitrogen and oxygen atoms in total. The van der Waals surface area contributed by atoms with Gasteiger partial charge in [-0.15, -0.1) is 0 Å². The molecule has 0 radical (unpaired) electrons. The number of hydrogen-bond donors (Lipinski definition) is 0. The smallest absolute Gasteiger partial charge is 0.0918 e. The zero-order chi connectivity index (χ0) is 9.26.